The van der Waals surface area contributed by atoms with Crippen LogP contribution in [0.25, 0.3) is 11.0 Å². The first-order valence-electron chi connectivity index (χ1n) is 12.9. The summed E-state index contributed by atoms with van der Waals surface area (Å²) in [6.07, 6.45) is 2.43. The first-order valence-corrected chi connectivity index (χ1v) is 12.9. The Morgan fingerprint density at radius 3 is 2.47 bits per heavy atom. The Balaban J connectivity index is 1.31. The summed E-state index contributed by atoms with van der Waals surface area (Å²) in [6.45, 7) is 10.6. The topological polar surface area (TPSA) is 47.4 Å². The fraction of sp³-hybridized carbons (Fsp3) is 0.355. The molecule has 5 nitrogen and oxygen atoms in total. The van der Waals surface area contributed by atoms with E-state index in [9.17, 15) is 4.79 Å². The van der Waals surface area contributed by atoms with E-state index in [-0.39, 0.29) is 11.8 Å². The number of unbranched alkanes of at least 4 members (excludes halogenated alkanes) is 1. The van der Waals surface area contributed by atoms with Crippen molar-refractivity contribution >= 4 is 22.6 Å². The quantitative estimate of drug-likeness (QED) is 0.265. The summed E-state index contributed by atoms with van der Waals surface area (Å²) in [6, 6.07) is 20.7. The average molecular weight is 482 g/mol. The van der Waals surface area contributed by atoms with Gasteiger partial charge in [-0.05, 0) is 87.1 Å². The number of carbonyl (C=O) groups excluding carboxylic acids is 1. The first kappa shape index (κ1) is 24.1. The smallest absolute Gasteiger partial charge is 0.227 e. The third kappa shape index (κ3) is 4.62. The predicted octanol–water partition coefficient (Wildman–Crippen LogP) is 6.65. The Labute approximate surface area is 213 Å². The highest BCUT2D eigenvalue weighted by molar-refractivity contribution is 5.97. The van der Waals surface area contributed by atoms with E-state index < -0.39 is 0 Å². The predicted molar refractivity (Wildman–Crippen MR) is 146 cm³/mol. The summed E-state index contributed by atoms with van der Waals surface area (Å²) in [5.74, 6) is 2.25. The number of hydrogen-bond acceptors (Lipinski definition) is 3. The van der Waals surface area contributed by atoms with E-state index in [1.165, 1.54) is 22.3 Å². The molecule has 3 aromatic carbocycles. The van der Waals surface area contributed by atoms with E-state index >= 15 is 0 Å². The number of aromatic nitrogens is 2. The van der Waals surface area contributed by atoms with Crippen molar-refractivity contribution in [2.24, 2.45) is 0 Å². The molecule has 1 aliphatic rings. The Morgan fingerprint density at radius 1 is 0.889 bits per heavy atom. The van der Waals surface area contributed by atoms with Gasteiger partial charge in [-0.25, -0.2) is 4.98 Å². The molecule has 36 heavy (non-hydrogen) atoms. The monoisotopic (exact) mass is 481 g/mol. The zero-order valence-electron chi connectivity index (χ0n) is 21.8. The number of aryl methyl sites for hydroxylation is 3. The fourth-order valence-electron chi connectivity index (χ4n) is 5.22. The number of imidazole rings is 1. The van der Waals surface area contributed by atoms with Crippen LogP contribution in [0.15, 0.2) is 60.7 Å². The van der Waals surface area contributed by atoms with Gasteiger partial charge in [0, 0.05) is 31.1 Å². The van der Waals surface area contributed by atoms with Gasteiger partial charge in [0.25, 0.3) is 0 Å². The minimum atomic E-state index is 0.0796. The van der Waals surface area contributed by atoms with E-state index in [2.05, 4.69) is 68.7 Å². The summed E-state index contributed by atoms with van der Waals surface area (Å²) < 4.78 is 8.41. The van der Waals surface area contributed by atoms with Crippen LogP contribution in [0.1, 0.15) is 53.3 Å². The van der Waals surface area contributed by atoms with Gasteiger partial charge in [0.05, 0.1) is 17.6 Å². The molecule has 0 aliphatic carbocycles. The third-order valence-electron chi connectivity index (χ3n) is 7.63. The number of ether oxygens (including phenoxy) is 1. The van der Waals surface area contributed by atoms with Crippen molar-refractivity contribution < 1.29 is 9.53 Å². The van der Waals surface area contributed by atoms with Gasteiger partial charge in [0.2, 0.25) is 5.91 Å². The van der Waals surface area contributed by atoms with E-state index in [4.69, 9.17) is 9.72 Å². The number of anilines is 1. The highest BCUT2D eigenvalue weighted by atomic mass is 16.5. The standard InChI is InChI=1S/C31H35N3O2/c1-21-11-9-15-27(23(21)3)34-20-25(19-30(34)35)31-32-26-13-5-6-14-28(26)33(31)17-7-8-18-36-29-16-10-12-22(2)24(29)4/h5-6,9-16,25H,7-8,17-20H2,1-4H3. The molecule has 1 aliphatic heterocycles. The molecule has 0 spiro atoms. The molecule has 1 fully saturated rings. The first-order chi connectivity index (χ1) is 17.4. The molecule has 5 rings (SSSR count). The van der Waals surface area contributed by atoms with Gasteiger partial charge in [0.1, 0.15) is 11.6 Å². The summed E-state index contributed by atoms with van der Waals surface area (Å²) in [5, 5.41) is 0. The zero-order chi connectivity index (χ0) is 25.2. The summed E-state index contributed by atoms with van der Waals surface area (Å²) in [4.78, 5) is 20.1. The molecule has 186 valence electrons. The molecule has 0 N–H and O–H groups in total. The molecule has 0 bridgehead atoms. The van der Waals surface area contributed by atoms with Gasteiger partial charge in [-0.2, -0.15) is 0 Å². The van der Waals surface area contributed by atoms with E-state index in [1.54, 1.807) is 0 Å². The minimum Gasteiger partial charge on any atom is -0.493 e. The molecule has 0 radical (unpaired) electrons. The van der Waals surface area contributed by atoms with Crippen molar-refractivity contribution in [3.05, 3.63) is 88.7 Å². The number of hydrogen-bond donors (Lipinski definition) is 0. The van der Waals surface area contributed by atoms with Crippen LogP contribution >= 0.6 is 0 Å². The Bertz CT molecular complexity index is 1400. The summed E-state index contributed by atoms with van der Waals surface area (Å²) >= 11 is 0. The molecule has 0 saturated carbocycles. The van der Waals surface area contributed by atoms with Crippen molar-refractivity contribution in [1.29, 1.82) is 0 Å². The molecule has 1 atom stereocenters. The fourth-order valence-corrected chi connectivity index (χ4v) is 5.22. The van der Waals surface area contributed by atoms with Gasteiger partial charge in [-0.3, -0.25) is 4.79 Å². The number of nitrogens with zero attached hydrogens (tertiary/aromatic N) is 3. The number of para-hydroxylation sites is 2. The molecular formula is C31H35N3O2. The minimum absolute atomic E-state index is 0.0796. The van der Waals surface area contributed by atoms with Crippen LogP contribution in [-0.4, -0.2) is 28.6 Å². The van der Waals surface area contributed by atoms with Gasteiger partial charge in [0.15, 0.2) is 0 Å². The third-order valence-corrected chi connectivity index (χ3v) is 7.63. The van der Waals surface area contributed by atoms with Crippen LogP contribution in [0.3, 0.4) is 0 Å². The highest BCUT2D eigenvalue weighted by Gasteiger charge is 2.35. The lowest BCUT2D eigenvalue weighted by atomic mass is 10.1. The van der Waals surface area contributed by atoms with Crippen LogP contribution in [0.5, 0.6) is 5.75 Å². The molecule has 5 heteroatoms. The lowest BCUT2D eigenvalue weighted by molar-refractivity contribution is -0.117. The maximum atomic E-state index is 13.1. The van der Waals surface area contributed by atoms with Gasteiger partial charge < -0.3 is 14.2 Å². The zero-order valence-corrected chi connectivity index (χ0v) is 21.8. The second kappa shape index (κ2) is 10.2. The van der Waals surface area contributed by atoms with Crippen molar-refractivity contribution in [1.82, 2.24) is 9.55 Å². The van der Waals surface area contributed by atoms with Crippen LogP contribution in [0.2, 0.25) is 0 Å². The molecule has 1 amide bonds. The van der Waals surface area contributed by atoms with Crippen LogP contribution in [0, 0.1) is 27.7 Å². The number of rotatable bonds is 8. The number of amides is 1. The highest BCUT2D eigenvalue weighted by Crippen LogP contribution is 2.35. The number of fused-ring (bicyclic) bond motifs is 1. The van der Waals surface area contributed by atoms with E-state index in [0.717, 1.165) is 47.7 Å². The van der Waals surface area contributed by atoms with Crippen molar-refractivity contribution in [2.45, 2.75) is 59.4 Å². The van der Waals surface area contributed by atoms with Crippen molar-refractivity contribution in [3.63, 3.8) is 0 Å². The Hall–Kier alpha value is -3.60. The summed E-state index contributed by atoms with van der Waals surface area (Å²) in [5.41, 5.74) is 8.00. The van der Waals surface area contributed by atoms with Crippen LogP contribution in [-0.2, 0) is 11.3 Å². The Morgan fingerprint density at radius 2 is 1.64 bits per heavy atom. The second-order valence-corrected chi connectivity index (χ2v) is 9.99. The van der Waals surface area contributed by atoms with Gasteiger partial charge in [-0.15, -0.1) is 0 Å². The van der Waals surface area contributed by atoms with Gasteiger partial charge >= 0.3 is 0 Å². The lowest BCUT2D eigenvalue weighted by Gasteiger charge is -2.20. The van der Waals surface area contributed by atoms with Crippen LogP contribution < -0.4 is 9.64 Å². The number of benzene rings is 3. The molecular weight excluding hydrogens is 446 g/mol. The van der Waals surface area contributed by atoms with Crippen molar-refractivity contribution in [2.75, 3.05) is 18.1 Å². The molecule has 4 aromatic rings. The van der Waals surface area contributed by atoms with Gasteiger partial charge in [-0.1, -0.05) is 36.4 Å². The molecule has 1 unspecified atom stereocenters. The molecule has 2 heterocycles. The number of carbonyl (C=O) groups is 1. The SMILES string of the molecule is Cc1cccc(OCCCCn2c(C3CC(=O)N(c4cccc(C)c4C)C3)nc3ccccc32)c1C. The van der Waals surface area contributed by atoms with Crippen molar-refractivity contribution in [3.8, 4) is 5.75 Å². The normalized spacial score (nSPS) is 15.7. The summed E-state index contributed by atoms with van der Waals surface area (Å²) in [7, 11) is 0. The van der Waals surface area contributed by atoms with Crippen LogP contribution in [0.4, 0.5) is 5.69 Å². The van der Waals surface area contributed by atoms with E-state index in [1.807, 2.05) is 29.2 Å². The largest absolute Gasteiger partial charge is 0.493 e. The lowest BCUT2D eigenvalue weighted by Crippen LogP contribution is -2.25. The average Bonchev–Trinajstić information content (AvgIpc) is 3.43. The maximum absolute atomic E-state index is 13.1. The second-order valence-electron chi connectivity index (χ2n) is 9.99. The molecule has 1 saturated heterocycles. The maximum Gasteiger partial charge on any atom is 0.227 e. The van der Waals surface area contributed by atoms with E-state index in [0.29, 0.717) is 19.6 Å². The molecule has 1 aromatic heterocycles. The Kier molecular flexibility index (Phi) is 6.82.